The second kappa shape index (κ2) is 34.3. The van der Waals surface area contributed by atoms with E-state index in [0.29, 0.717) is 0 Å². The number of amides is 1. The van der Waals surface area contributed by atoms with E-state index in [2.05, 4.69) is 22.1 Å². The maximum Gasteiger partial charge on any atom is 2.00 e. The van der Waals surface area contributed by atoms with Crippen LogP contribution in [-0.4, -0.2) is 76.7 Å². The molecule has 2 N–H and O–H groups in total. The van der Waals surface area contributed by atoms with Gasteiger partial charge >= 0.3 is 58.4 Å². The second-order valence-electron chi connectivity index (χ2n) is 15.6. The Kier molecular flexibility index (Phi) is 30.7. The first-order valence-electron chi connectivity index (χ1n) is 21.6. The number of hydrogen-bond acceptors (Lipinski definition) is 15. The minimum absolute atomic E-state index is 0. The molecule has 0 bridgehead atoms. The molecule has 8 rings (SSSR count). The zero-order valence-electron chi connectivity index (χ0n) is 42.2. The van der Waals surface area contributed by atoms with E-state index in [1.807, 2.05) is 38.4 Å². The van der Waals surface area contributed by atoms with Crippen molar-refractivity contribution in [3.63, 3.8) is 0 Å². The van der Waals surface area contributed by atoms with E-state index in [0.717, 1.165) is 51.2 Å². The Morgan fingerprint density at radius 1 is 0.338 bits per heavy atom. The Morgan fingerprint density at radius 2 is 0.494 bits per heavy atom. The smallest absolute Gasteiger partial charge is 0.545 e. The first-order valence-corrected chi connectivity index (χ1v) is 21.6. The molecule has 1 amide bonds. The predicted octanol–water partition coefficient (Wildman–Crippen LogP) is 1.87. The molecule has 8 aromatic rings. The average molecular weight is 1190 g/mol. The third-order valence-electron chi connectivity index (χ3n) is 10.1. The number of aryl methyl sites for hydroxylation is 2. The Bertz CT molecular complexity index is 2700. The molecule has 17 nitrogen and oxygen atoms in total. The summed E-state index contributed by atoms with van der Waals surface area (Å²) < 4.78 is 0. The zero-order valence-corrected chi connectivity index (χ0v) is 51.1. The molecule has 0 aliphatic heterocycles. The van der Waals surface area contributed by atoms with E-state index in [9.17, 15) is 64.2 Å². The van der Waals surface area contributed by atoms with Crippen LogP contribution in [0, 0.1) is 13.8 Å². The van der Waals surface area contributed by atoms with E-state index in [-0.39, 0.29) is 97.3 Å². The van der Waals surface area contributed by atoms with Crippen LogP contribution in [0.1, 0.15) is 73.5 Å². The van der Waals surface area contributed by atoms with Gasteiger partial charge in [-0.05, 0) is 116 Å². The van der Waals surface area contributed by atoms with Gasteiger partial charge in [-0.3, -0.25) is 14.8 Å². The summed E-state index contributed by atoms with van der Waals surface area (Å²) in [7, 11) is 3.38. The Labute approximate surface area is 481 Å². The topological polar surface area (TPSA) is 318 Å². The van der Waals surface area contributed by atoms with Crippen LogP contribution in [0.15, 0.2) is 182 Å². The minimum Gasteiger partial charge on any atom is -0.545 e. The van der Waals surface area contributed by atoms with Gasteiger partial charge in [0.2, 0.25) is 6.41 Å². The minimum atomic E-state index is -1.23. The Morgan fingerprint density at radius 3 is 0.610 bits per heavy atom. The maximum atomic E-state index is 10.6. The largest absolute Gasteiger partial charge is 2.00 e. The van der Waals surface area contributed by atoms with Gasteiger partial charge in [-0.25, -0.2) is 0 Å². The molecule has 0 aliphatic rings. The second-order valence-corrected chi connectivity index (χ2v) is 15.6. The summed E-state index contributed by atoms with van der Waals surface area (Å²) in [5, 5.41) is 63.5. The molecule has 0 atom stereocenters. The van der Waals surface area contributed by atoms with Crippen molar-refractivity contribution < 1.29 is 128 Å². The van der Waals surface area contributed by atoms with E-state index in [4.69, 9.17) is 0 Å². The van der Waals surface area contributed by atoms with Crippen molar-refractivity contribution in [1.82, 2.24) is 14.9 Å². The molecule has 0 saturated heterocycles. The van der Waals surface area contributed by atoms with Crippen molar-refractivity contribution in [2.24, 2.45) is 0 Å². The SMILES string of the molecule is CN(C)C=O.Cc1cc(-c2ccnc(C)c2)ccn1.O.O=C([O-])c1ccc(-c2ccc(C(=O)[O-])cc2)cc1.O=C([O-])c1ccc(-c2ccc(C(=O)[O-])cc2)cc1.O=C([O-])c1ccc(-c2ccc(C(=O)[O-])cc2)cc1.[Zn+2].[Zn+2].[Zn+2]. The fraction of sp³-hybridized carbons (Fsp3) is 0.0702. The molecule has 77 heavy (non-hydrogen) atoms. The van der Waals surface area contributed by atoms with Gasteiger partial charge in [-0.15, -0.1) is 0 Å². The van der Waals surface area contributed by atoms with Crippen molar-refractivity contribution in [2.45, 2.75) is 13.8 Å². The number of carbonyl (C=O) groups excluding carboxylic acids is 7. The van der Waals surface area contributed by atoms with Gasteiger partial charge < -0.3 is 69.8 Å². The van der Waals surface area contributed by atoms with Crippen LogP contribution >= 0.6 is 0 Å². The average Bonchev–Trinajstić information content (AvgIpc) is 3.39. The molecule has 378 valence electrons. The van der Waals surface area contributed by atoms with Gasteiger partial charge in [0.1, 0.15) is 0 Å². The molecule has 6 aromatic carbocycles. The number of carboxylic acids is 6. The summed E-state index contributed by atoms with van der Waals surface area (Å²) in [5.74, 6) is -7.37. The number of carboxylic acid groups (broad SMARTS) is 6. The Hall–Kier alpha value is -8.26. The predicted molar refractivity (Wildman–Crippen MR) is 262 cm³/mol. The molecular formula is C57H45N3O14Zn3. The summed E-state index contributed by atoms with van der Waals surface area (Å²) in [6.45, 7) is 4.00. The Balaban J connectivity index is 0.000000957. The fourth-order valence-corrected chi connectivity index (χ4v) is 6.24. The third kappa shape index (κ3) is 22.6. The van der Waals surface area contributed by atoms with Gasteiger partial charge in [-0.2, -0.15) is 0 Å². The molecule has 2 aromatic heterocycles. The van der Waals surface area contributed by atoms with E-state index in [1.54, 1.807) is 86.9 Å². The van der Waals surface area contributed by atoms with Crippen LogP contribution in [0.25, 0.3) is 44.5 Å². The van der Waals surface area contributed by atoms with Gasteiger partial charge in [0.05, 0.1) is 35.8 Å². The van der Waals surface area contributed by atoms with Crippen LogP contribution in [0.2, 0.25) is 0 Å². The number of pyridine rings is 2. The number of nitrogens with zero attached hydrogens (tertiary/aromatic N) is 3. The van der Waals surface area contributed by atoms with Crippen molar-refractivity contribution in [3.8, 4) is 44.5 Å². The summed E-state index contributed by atoms with van der Waals surface area (Å²) >= 11 is 0. The van der Waals surface area contributed by atoms with E-state index >= 15 is 0 Å². The van der Waals surface area contributed by atoms with Gasteiger partial charge in [-0.1, -0.05) is 146 Å². The van der Waals surface area contributed by atoms with Gasteiger partial charge in [0, 0.05) is 37.9 Å². The van der Waals surface area contributed by atoms with Crippen LogP contribution in [-0.2, 0) is 63.2 Å². The summed E-state index contributed by atoms with van der Waals surface area (Å²) in [6, 6.07) is 45.1. The number of benzene rings is 6. The number of rotatable bonds is 11. The van der Waals surface area contributed by atoms with E-state index in [1.165, 1.54) is 88.8 Å². The molecule has 0 spiro atoms. The molecule has 2 heterocycles. The molecule has 0 fully saturated rings. The van der Waals surface area contributed by atoms with Gasteiger partial charge in [0.15, 0.2) is 0 Å². The number of aromatic nitrogens is 2. The normalized spacial score (nSPS) is 9.30. The quantitative estimate of drug-likeness (QED) is 0.132. The molecule has 0 unspecified atom stereocenters. The fourth-order valence-electron chi connectivity index (χ4n) is 6.24. The summed E-state index contributed by atoms with van der Waals surface area (Å²) in [6.07, 6.45) is 4.42. The van der Waals surface area contributed by atoms with Crippen molar-refractivity contribution in [1.29, 1.82) is 0 Å². The standard InChI is InChI=1S/3C14H10O4.C12H12N2.C3H7NO.H2O.3Zn/c3*15-13(16)11-5-1-9(2-6-11)10-3-7-12(8-4-10)14(17)18;1-9-7-11(3-5-13-9)12-4-6-14-10(2)8-12;1-4(2)3-5;;;;/h3*1-8H,(H,15,16)(H,17,18);3-8H,1-2H3;3H,1-2H3;1H2;;;/q;;;;;;3*+2/p-6. The van der Waals surface area contributed by atoms with Crippen molar-refractivity contribution >= 4 is 42.2 Å². The number of carbonyl (C=O) groups is 7. The molecule has 20 heteroatoms. The van der Waals surface area contributed by atoms with Crippen molar-refractivity contribution in [3.05, 3.63) is 227 Å². The molecule has 0 radical (unpaired) electrons. The first kappa shape index (κ1) is 68.7. The third-order valence-corrected chi connectivity index (χ3v) is 10.1. The monoisotopic (exact) mass is 1190 g/mol. The van der Waals surface area contributed by atoms with Crippen LogP contribution < -0.4 is 30.6 Å². The first-order chi connectivity index (χ1) is 34.8. The summed E-state index contributed by atoms with van der Waals surface area (Å²) in [4.78, 5) is 82.7. The maximum absolute atomic E-state index is 10.6. The van der Waals surface area contributed by atoms with Crippen LogP contribution in [0.5, 0.6) is 0 Å². The molecular weight excluding hydrogens is 1150 g/mol. The van der Waals surface area contributed by atoms with Crippen LogP contribution in [0.4, 0.5) is 0 Å². The van der Waals surface area contributed by atoms with Crippen LogP contribution in [0.3, 0.4) is 0 Å². The van der Waals surface area contributed by atoms with Gasteiger partial charge in [0.25, 0.3) is 0 Å². The van der Waals surface area contributed by atoms with E-state index < -0.39 is 35.8 Å². The molecule has 0 aliphatic carbocycles. The summed E-state index contributed by atoms with van der Waals surface area (Å²) in [5.41, 5.74) is 9.86. The number of hydrogen-bond donors (Lipinski definition) is 0. The zero-order chi connectivity index (χ0) is 53.6. The van der Waals surface area contributed by atoms with Crippen molar-refractivity contribution in [2.75, 3.05) is 14.1 Å². The number of aromatic carboxylic acids is 6. The molecule has 0 saturated carbocycles.